The third kappa shape index (κ3) is 4.03. The first-order chi connectivity index (χ1) is 13.1. The van der Waals surface area contributed by atoms with Crippen molar-refractivity contribution in [3.63, 3.8) is 0 Å². The van der Waals surface area contributed by atoms with E-state index in [2.05, 4.69) is 26.9 Å². The fourth-order valence-electron chi connectivity index (χ4n) is 3.89. The quantitative estimate of drug-likeness (QED) is 0.798. The van der Waals surface area contributed by atoms with Gasteiger partial charge in [0.05, 0.1) is 12.6 Å². The number of likely N-dealkylation sites (tertiary alicyclic amines) is 1. The maximum Gasteiger partial charge on any atom is 0.234 e. The summed E-state index contributed by atoms with van der Waals surface area (Å²) < 4.78 is 13.2. The number of piperidine rings is 1. The summed E-state index contributed by atoms with van der Waals surface area (Å²) >= 11 is 3.59. The zero-order valence-electron chi connectivity index (χ0n) is 15.1. The minimum absolute atomic E-state index is 0.210. The second-order valence-electron chi connectivity index (χ2n) is 7.11. The molecule has 1 saturated heterocycles. The molecule has 27 heavy (non-hydrogen) atoms. The Morgan fingerprint density at radius 3 is 2.81 bits per heavy atom. The minimum Gasteiger partial charge on any atom is -0.460 e. The van der Waals surface area contributed by atoms with Crippen LogP contribution in [0.1, 0.15) is 42.2 Å². The van der Waals surface area contributed by atoms with Gasteiger partial charge >= 0.3 is 0 Å². The van der Waals surface area contributed by atoms with Gasteiger partial charge in [-0.05, 0) is 31.5 Å². The number of carbonyl (C=O) groups excluding carboxylic acids is 1. The standard InChI is InChI=1S/C21H23BrN2O3/c22-17-10-15(12-24-9-5-4-8-18(24)20(23)25)19-16(11-17)13-26-21(27-19)14-6-2-1-3-7-14/h1-3,6-7,10-11,18,21H,4-5,8-9,12-13H2,(H2,23,25)/t18-,21+/m1/s1. The minimum atomic E-state index is -0.424. The monoisotopic (exact) mass is 430 g/mol. The third-order valence-electron chi connectivity index (χ3n) is 5.21. The first-order valence-corrected chi connectivity index (χ1v) is 10.1. The summed E-state index contributed by atoms with van der Waals surface area (Å²) in [5.41, 5.74) is 8.69. The zero-order valence-corrected chi connectivity index (χ0v) is 16.7. The topological polar surface area (TPSA) is 64.8 Å². The number of rotatable bonds is 4. The molecular weight excluding hydrogens is 408 g/mol. The van der Waals surface area contributed by atoms with Crippen LogP contribution in [0.3, 0.4) is 0 Å². The van der Waals surface area contributed by atoms with Gasteiger partial charge < -0.3 is 15.2 Å². The molecule has 0 bridgehead atoms. The van der Waals surface area contributed by atoms with Crippen LogP contribution < -0.4 is 10.5 Å². The molecule has 2 aromatic rings. The maximum absolute atomic E-state index is 11.9. The highest BCUT2D eigenvalue weighted by atomic mass is 79.9. The number of halogens is 1. The highest BCUT2D eigenvalue weighted by Crippen LogP contribution is 2.38. The lowest BCUT2D eigenvalue weighted by Gasteiger charge is -2.35. The van der Waals surface area contributed by atoms with Gasteiger partial charge in [-0.15, -0.1) is 0 Å². The number of benzene rings is 2. The number of hydrogen-bond donors (Lipinski definition) is 1. The molecule has 0 aromatic heterocycles. The summed E-state index contributed by atoms with van der Waals surface area (Å²) in [6.07, 6.45) is 2.52. The molecule has 2 heterocycles. The smallest absolute Gasteiger partial charge is 0.234 e. The molecule has 2 atom stereocenters. The predicted octanol–water partition coefficient (Wildman–Crippen LogP) is 3.90. The van der Waals surface area contributed by atoms with E-state index in [1.54, 1.807) is 0 Å². The second kappa shape index (κ2) is 8.00. The Kier molecular flexibility index (Phi) is 5.48. The molecule has 0 spiro atoms. The number of primary amides is 1. The highest BCUT2D eigenvalue weighted by molar-refractivity contribution is 9.10. The first kappa shape index (κ1) is 18.5. The number of fused-ring (bicyclic) bond motifs is 1. The Labute approximate surface area is 167 Å². The van der Waals surface area contributed by atoms with Crippen molar-refractivity contribution in [3.05, 3.63) is 63.6 Å². The maximum atomic E-state index is 11.9. The SMILES string of the molecule is NC(=O)[C@H]1CCCCN1Cc1cc(Br)cc2c1O[C@@H](c1ccccc1)OC2. The van der Waals surface area contributed by atoms with Gasteiger partial charge in [0.1, 0.15) is 5.75 Å². The first-order valence-electron chi connectivity index (χ1n) is 9.29. The van der Waals surface area contributed by atoms with E-state index in [9.17, 15) is 4.79 Å². The summed E-state index contributed by atoms with van der Waals surface area (Å²) in [6.45, 7) is 1.99. The number of carbonyl (C=O) groups is 1. The Bertz CT molecular complexity index is 828. The molecule has 0 radical (unpaired) electrons. The van der Waals surface area contributed by atoms with Crippen molar-refractivity contribution in [1.29, 1.82) is 0 Å². The zero-order chi connectivity index (χ0) is 18.8. The summed E-state index contributed by atoms with van der Waals surface area (Å²) in [4.78, 5) is 14.0. The van der Waals surface area contributed by atoms with Crippen LogP contribution in [0.2, 0.25) is 0 Å². The van der Waals surface area contributed by atoms with Crippen LogP contribution in [0.25, 0.3) is 0 Å². The molecule has 2 aliphatic rings. The molecule has 0 aliphatic carbocycles. The summed E-state index contributed by atoms with van der Waals surface area (Å²) in [5.74, 6) is 0.608. The van der Waals surface area contributed by atoms with Gasteiger partial charge in [0.2, 0.25) is 12.2 Å². The molecule has 2 aliphatic heterocycles. The number of hydrogen-bond acceptors (Lipinski definition) is 4. The van der Waals surface area contributed by atoms with Crippen LogP contribution in [0.15, 0.2) is 46.9 Å². The van der Waals surface area contributed by atoms with Crippen molar-refractivity contribution in [3.8, 4) is 5.75 Å². The lowest BCUT2D eigenvalue weighted by molar-refractivity contribution is -0.125. The Morgan fingerprint density at radius 1 is 1.22 bits per heavy atom. The van der Waals surface area contributed by atoms with Gasteiger partial charge in [-0.2, -0.15) is 0 Å². The molecule has 1 fully saturated rings. The highest BCUT2D eigenvalue weighted by Gasteiger charge is 2.30. The van der Waals surface area contributed by atoms with E-state index in [1.807, 2.05) is 36.4 Å². The van der Waals surface area contributed by atoms with Crippen LogP contribution in [-0.4, -0.2) is 23.4 Å². The lowest BCUT2D eigenvalue weighted by Crippen LogP contribution is -2.47. The number of ether oxygens (including phenoxy) is 2. The van der Waals surface area contributed by atoms with Crippen molar-refractivity contribution in [2.45, 2.75) is 44.7 Å². The average Bonchev–Trinajstić information content (AvgIpc) is 2.68. The van der Waals surface area contributed by atoms with Gasteiger partial charge in [0.25, 0.3) is 0 Å². The molecule has 142 valence electrons. The molecule has 4 rings (SSSR count). The number of amides is 1. The molecule has 0 saturated carbocycles. The number of nitrogens with zero attached hydrogens (tertiary/aromatic N) is 1. The Morgan fingerprint density at radius 2 is 2.04 bits per heavy atom. The van der Waals surface area contributed by atoms with Crippen LogP contribution in [0, 0.1) is 0 Å². The van der Waals surface area contributed by atoms with E-state index in [0.29, 0.717) is 13.2 Å². The van der Waals surface area contributed by atoms with Crippen molar-refractivity contribution >= 4 is 21.8 Å². The van der Waals surface area contributed by atoms with Gasteiger partial charge in [-0.3, -0.25) is 9.69 Å². The average molecular weight is 431 g/mol. The van der Waals surface area contributed by atoms with E-state index in [0.717, 1.165) is 52.7 Å². The second-order valence-corrected chi connectivity index (χ2v) is 8.02. The Hall–Kier alpha value is -1.89. The van der Waals surface area contributed by atoms with Crippen LogP contribution in [0.4, 0.5) is 0 Å². The molecule has 2 aromatic carbocycles. The fourth-order valence-corrected chi connectivity index (χ4v) is 4.44. The van der Waals surface area contributed by atoms with Gasteiger partial charge in [0, 0.05) is 27.7 Å². The normalized spacial score (nSPS) is 22.7. The van der Waals surface area contributed by atoms with Crippen LogP contribution in [-0.2, 0) is 22.7 Å². The van der Waals surface area contributed by atoms with Crippen molar-refractivity contribution in [2.75, 3.05) is 6.54 Å². The summed E-state index contributed by atoms with van der Waals surface area (Å²) in [5, 5.41) is 0. The van der Waals surface area contributed by atoms with E-state index in [-0.39, 0.29) is 11.9 Å². The van der Waals surface area contributed by atoms with Gasteiger partial charge in [-0.1, -0.05) is 52.7 Å². The molecule has 5 nitrogen and oxygen atoms in total. The third-order valence-corrected chi connectivity index (χ3v) is 5.67. The van der Waals surface area contributed by atoms with Crippen LogP contribution in [0.5, 0.6) is 5.75 Å². The van der Waals surface area contributed by atoms with E-state index in [4.69, 9.17) is 15.2 Å². The predicted molar refractivity (Wildman–Crippen MR) is 106 cm³/mol. The van der Waals surface area contributed by atoms with E-state index >= 15 is 0 Å². The summed E-state index contributed by atoms with van der Waals surface area (Å²) in [7, 11) is 0. The van der Waals surface area contributed by atoms with Crippen molar-refractivity contribution in [2.24, 2.45) is 5.73 Å². The number of nitrogens with two attached hydrogens (primary N) is 1. The van der Waals surface area contributed by atoms with Gasteiger partial charge in [-0.25, -0.2) is 0 Å². The molecule has 1 amide bonds. The fraction of sp³-hybridized carbons (Fsp3) is 0.381. The Balaban J connectivity index is 1.62. The van der Waals surface area contributed by atoms with Crippen molar-refractivity contribution < 1.29 is 14.3 Å². The van der Waals surface area contributed by atoms with Crippen LogP contribution >= 0.6 is 15.9 Å². The molecule has 0 unspecified atom stereocenters. The largest absolute Gasteiger partial charge is 0.460 e. The molecule has 6 heteroatoms. The lowest BCUT2D eigenvalue weighted by atomic mass is 9.99. The van der Waals surface area contributed by atoms with E-state index in [1.165, 1.54) is 0 Å². The molecule has 2 N–H and O–H groups in total. The van der Waals surface area contributed by atoms with Gasteiger partial charge in [0.15, 0.2) is 0 Å². The molecular formula is C21H23BrN2O3. The van der Waals surface area contributed by atoms with E-state index < -0.39 is 6.29 Å². The van der Waals surface area contributed by atoms with Crippen molar-refractivity contribution in [1.82, 2.24) is 4.90 Å². The summed E-state index contributed by atoms with van der Waals surface area (Å²) in [6, 6.07) is 13.8.